The van der Waals surface area contributed by atoms with E-state index < -0.39 is 0 Å². The number of hydrogen-bond donors (Lipinski definition) is 1. The molecule has 0 aliphatic rings. The van der Waals surface area contributed by atoms with E-state index in [1.165, 1.54) is 0 Å². The van der Waals surface area contributed by atoms with Gasteiger partial charge in [0.15, 0.2) is 5.58 Å². The minimum atomic E-state index is -0.103. The summed E-state index contributed by atoms with van der Waals surface area (Å²) in [5.41, 5.74) is 4.28. The molecule has 0 fully saturated rings. The van der Waals surface area contributed by atoms with Crippen LogP contribution in [0.15, 0.2) is 39.5 Å². The predicted octanol–water partition coefficient (Wildman–Crippen LogP) is 2.81. The zero-order chi connectivity index (χ0) is 15.0. The molecule has 3 aromatic rings. The summed E-state index contributed by atoms with van der Waals surface area (Å²) in [6.07, 6.45) is 0.851. The Morgan fingerprint density at radius 2 is 2.05 bits per heavy atom. The van der Waals surface area contributed by atoms with Gasteiger partial charge in [0.2, 0.25) is 5.56 Å². The number of fused-ring (bicyclic) bond motifs is 1. The Kier molecular flexibility index (Phi) is 3.25. The van der Waals surface area contributed by atoms with Crippen molar-refractivity contribution < 1.29 is 4.42 Å². The van der Waals surface area contributed by atoms with Crippen molar-refractivity contribution in [2.24, 2.45) is 0 Å². The van der Waals surface area contributed by atoms with Crippen LogP contribution in [0.2, 0.25) is 0 Å². The summed E-state index contributed by atoms with van der Waals surface area (Å²) in [6, 6.07) is 9.77. The molecule has 0 spiro atoms. The second kappa shape index (κ2) is 5.09. The van der Waals surface area contributed by atoms with Gasteiger partial charge >= 0.3 is 0 Å². The number of pyridine rings is 1. The van der Waals surface area contributed by atoms with E-state index in [1.54, 1.807) is 6.07 Å². The van der Waals surface area contributed by atoms with Crippen LogP contribution in [0.5, 0.6) is 0 Å². The Bertz CT molecular complexity index is 846. The van der Waals surface area contributed by atoms with E-state index in [-0.39, 0.29) is 5.56 Å². The molecule has 5 nitrogen and oxygen atoms in total. The largest absolute Gasteiger partial charge is 0.423 e. The Hall–Kier alpha value is -2.56. The van der Waals surface area contributed by atoms with Crippen molar-refractivity contribution >= 4 is 17.1 Å². The van der Waals surface area contributed by atoms with Gasteiger partial charge in [-0.05, 0) is 24.1 Å². The maximum absolute atomic E-state index is 11.6. The summed E-state index contributed by atoms with van der Waals surface area (Å²) >= 11 is 0. The smallest absolute Gasteiger partial charge is 0.297 e. The molecule has 1 N–H and O–H groups in total. The summed E-state index contributed by atoms with van der Waals surface area (Å²) in [6.45, 7) is 2.06. The lowest BCUT2D eigenvalue weighted by Crippen LogP contribution is -2.08. The molecule has 0 bridgehead atoms. The molecule has 0 saturated heterocycles. The summed E-state index contributed by atoms with van der Waals surface area (Å²) < 4.78 is 5.72. The van der Waals surface area contributed by atoms with Crippen LogP contribution in [0.3, 0.4) is 0 Å². The van der Waals surface area contributed by atoms with Gasteiger partial charge in [-0.1, -0.05) is 19.1 Å². The lowest BCUT2D eigenvalue weighted by atomic mass is 10.0. The van der Waals surface area contributed by atoms with Crippen molar-refractivity contribution in [2.45, 2.75) is 13.3 Å². The Labute approximate surface area is 122 Å². The fourth-order valence-electron chi connectivity index (χ4n) is 2.32. The van der Waals surface area contributed by atoms with Gasteiger partial charge in [0.25, 0.3) is 6.01 Å². The summed E-state index contributed by atoms with van der Waals surface area (Å²) in [5.74, 6) is 0. The fourth-order valence-corrected chi connectivity index (χ4v) is 2.32. The maximum atomic E-state index is 11.6. The van der Waals surface area contributed by atoms with Gasteiger partial charge in [-0.15, -0.1) is 0 Å². The van der Waals surface area contributed by atoms with Crippen LogP contribution in [-0.2, 0) is 6.42 Å². The van der Waals surface area contributed by atoms with Gasteiger partial charge in [0, 0.05) is 25.7 Å². The second-order valence-electron chi connectivity index (χ2n) is 5.15. The molecule has 0 saturated carbocycles. The number of anilines is 1. The average molecular weight is 283 g/mol. The first-order valence-corrected chi connectivity index (χ1v) is 6.89. The molecule has 108 valence electrons. The molecule has 2 aromatic heterocycles. The number of aryl methyl sites for hydroxylation is 1. The zero-order valence-corrected chi connectivity index (χ0v) is 12.3. The lowest BCUT2D eigenvalue weighted by Gasteiger charge is -2.07. The third kappa shape index (κ3) is 2.42. The highest BCUT2D eigenvalue weighted by Gasteiger charge is 2.11. The highest BCUT2D eigenvalue weighted by Crippen LogP contribution is 2.27. The summed E-state index contributed by atoms with van der Waals surface area (Å²) in [7, 11) is 3.77. The maximum Gasteiger partial charge on any atom is 0.297 e. The minimum Gasteiger partial charge on any atom is -0.423 e. The van der Waals surface area contributed by atoms with Crippen LogP contribution >= 0.6 is 0 Å². The Morgan fingerprint density at radius 3 is 2.76 bits per heavy atom. The average Bonchev–Trinajstić information content (AvgIpc) is 2.90. The van der Waals surface area contributed by atoms with Crippen LogP contribution in [-0.4, -0.2) is 24.1 Å². The lowest BCUT2D eigenvalue weighted by molar-refractivity contribution is 0.597. The first kappa shape index (κ1) is 13.4. The number of nitrogens with zero attached hydrogens (tertiary/aromatic N) is 2. The zero-order valence-electron chi connectivity index (χ0n) is 12.3. The molecule has 0 aliphatic heterocycles. The molecular formula is C16H17N3O2. The number of rotatable bonds is 3. The highest BCUT2D eigenvalue weighted by molar-refractivity contribution is 5.81. The molecule has 5 heteroatoms. The first-order chi connectivity index (χ1) is 10.1. The first-order valence-electron chi connectivity index (χ1n) is 6.89. The minimum absolute atomic E-state index is 0.103. The molecular weight excluding hydrogens is 266 g/mol. The number of H-pyrrole nitrogens is 1. The van der Waals surface area contributed by atoms with Gasteiger partial charge in [0.1, 0.15) is 5.52 Å². The Balaban J connectivity index is 2.17. The van der Waals surface area contributed by atoms with E-state index in [9.17, 15) is 4.79 Å². The molecule has 0 unspecified atom stereocenters. The van der Waals surface area contributed by atoms with Crippen molar-refractivity contribution in [2.75, 3.05) is 19.0 Å². The summed E-state index contributed by atoms with van der Waals surface area (Å²) in [4.78, 5) is 20.7. The van der Waals surface area contributed by atoms with Gasteiger partial charge in [-0.25, -0.2) is 0 Å². The van der Waals surface area contributed by atoms with E-state index in [2.05, 4.69) is 16.9 Å². The molecule has 0 aliphatic carbocycles. The molecule has 2 heterocycles. The third-order valence-corrected chi connectivity index (χ3v) is 3.43. The predicted molar refractivity (Wildman–Crippen MR) is 83.8 cm³/mol. The normalized spacial score (nSPS) is 11.0. The molecule has 0 atom stereocenters. The van der Waals surface area contributed by atoms with Gasteiger partial charge in [-0.2, -0.15) is 4.98 Å². The van der Waals surface area contributed by atoms with E-state index >= 15 is 0 Å². The number of aromatic amines is 1. The topological polar surface area (TPSA) is 62.1 Å². The number of benzene rings is 1. The molecule has 3 rings (SSSR count). The van der Waals surface area contributed by atoms with Crippen LogP contribution in [0.4, 0.5) is 6.01 Å². The van der Waals surface area contributed by atoms with E-state index in [0.717, 1.165) is 28.8 Å². The van der Waals surface area contributed by atoms with Crippen LogP contribution < -0.4 is 10.5 Å². The SMILES string of the molecule is CCc1ccc(=O)[nH]c1-c1ccc2nc(N(C)C)oc2c1. The number of oxazole rings is 1. The molecule has 0 radical (unpaired) electrons. The molecule has 1 aromatic carbocycles. The summed E-state index contributed by atoms with van der Waals surface area (Å²) in [5, 5.41) is 0. The number of nitrogens with one attached hydrogen (secondary N) is 1. The standard InChI is InChI=1S/C16H17N3O2/c1-4-10-6-8-14(20)18-15(10)11-5-7-12-13(9-11)21-16(17-12)19(2)3/h5-9H,4H2,1-3H3,(H,18,20). The van der Waals surface area contributed by atoms with Crippen molar-refractivity contribution in [1.82, 2.24) is 9.97 Å². The monoisotopic (exact) mass is 283 g/mol. The van der Waals surface area contributed by atoms with E-state index in [0.29, 0.717) is 11.6 Å². The van der Waals surface area contributed by atoms with Crippen molar-refractivity contribution in [1.29, 1.82) is 0 Å². The van der Waals surface area contributed by atoms with Crippen molar-refractivity contribution in [3.63, 3.8) is 0 Å². The number of aromatic nitrogens is 2. The third-order valence-electron chi connectivity index (χ3n) is 3.43. The van der Waals surface area contributed by atoms with Crippen molar-refractivity contribution in [3.8, 4) is 11.3 Å². The van der Waals surface area contributed by atoms with E-state index in [4.69, 9.17) is 4.42 Å². The van der Waals surface area contributed by atoms with Crippen LogP contribution in [0, 0.1) is 0 Å². The van der Waals surface area contributed by atoms with Gasteiger partial charge in [-0.3, -0.25) is 4.79 Å². The quantitative estimate of drug-likeness (QED) is 0.803. The van der Waals surface area contributed by atoms with Gasteiger partial charge in [0.05, 0.1) is 5.69 Å². The number of hydrogen-bond acceptors (Lipinski definition) is 4. The molecule has 21 heavy (non-hydrogen) atoms. The molecule has 0 amide bonds. The van der Waals surface area contributed by atoms with E-state index in [1.807, 2.05) is 43.3 Å². The van der Waals surface area contributed by atoms with Gasteiger partial charge < -0.3 is 14.3 Å². The fraction of sp³-hybridized carbons (Fsp3) is 0.250. The van der Waals surface area contributed by atoms with Crippen LogP contribution in [0.1, 0.15) is 12.5 Å². The second-order valence-corrected chi connectivity index (χ2v) is 5.15. The van der Waals surface area contributed by atoms with Crippen LogP contribution in [0.25, 0.3) is 22.4 Å². The Morgan fingerprint density at radius 1 is 1.24 bits per heavy atom. The highest BCUT2D eigenvalue weighted by atomic mass is 16.4. The van der Waals surface area contributed by atoms with Crippen molar-refractivity contribution in [3.05, 3.63) is 46.2 Å².